The maximum Gasteiger partial charge on any atom is 0.311 e. The highest BCUT2D eigenvalue weighted by Crippen LogP contribution is 2.18. The lowest BCUT2D eigenvalue weighted by atomic mass is 9.97. The summed E-state index contributed by atoms with van der Waals surface area (Å²) >= 11 is 0. The Morgan fingerprint density at radius 2 is 1.61 bits per heavy atom. The molecule has 0 aliphatic carbocycles. The van der Waals surface area contributed by atoms with Gasteiger partial charge in [-0.1, -0.05) is 0 Å². The number of aromatic amines is 1. The van der Waals surface area contributed by atoms with Crippen molar-refractivity contribution in [1.82, 2.24) is 19.5 Å². The molecule has 2 heterocycles. The average molecular weight is 466 g/mol. The van der Waals surface area contributed by atoms with E-state index in [-0.39, 0.29) is 37.1 Å². The third-order valence-electron chi connectivity index (χ3n) is 4.24. The largest absolute Gasteiger partial charge is 0.462 e. The third-order valence-corrected chi connectivity index (χ3v) is 4.24. The average Bonchev–Trinajstić information content (AvgIpc) is 3.08. The molecule has 0 atom stereocenters. The molecule has 0 bridgehead atoms. The van der Waals surface area contributed by atoms with E-state index in [0.29, 0.717) is 0 Å². The topological polar surface area (TPSA) is 154 Å². The minimum Gasteiger partial charge on any atom is -0.462 e. The number of nitrogens with one attached hydrogen (secondary N) is 2. The number of carbonyl (C=O) groups is 3. The van der Waals surface area contributed by atoms with Crippen molar-refractivity contribution in [1.29, 1.82) is 0 Å². The van der Waals surface area contributed by atoms with Crippen molar-refractivity contribution in [2.75, 3.05) is 18.5 Å². The summed E-state index contributed by atoms with van der Waals surface area (Å²) < 4.78 is 17.9. The highest BCUT2D eigenvalue weighted by molar-refractivity contribution is 5.87. The number of nitrogens with zero attached hydrogens (tertiary/aromatic N) is 3. The Balaban J connectivity index is 2.17. The molecule has 2 aromatic heterocycles. The molecule has 1 amide bonds. The van der Waals surface area contributed by atoms with Crippen LogP contribution in [-0.2, 0) is 35.3 Å². The minimum absolute atomic E-state index is 0.0310. The molecule has 0 fully saturated rings. The zero-order valence-corrected chi connectivity index (χ0v) is 20.0. The van der Waals surface area contributed by atoms with Gasteiger partial charge in [-0.25, -0.2) is 4.98 Å². The van der Waals surface area contributed by atoms with Crippen LogP contribution in [-0.4, -0.2) is 56.7 Å². The fourth-order valence-corrected chi connectivity index (χ4v) is 2.37. The van der Waals surface area contributed by atoms with Crippen LogP contribution in [0, 0.1) is 10.8 Å². The monoisotopic (exact) mass is 465 g/mol. The molecule has 2 rings (SSSR count). The van der Waals surface area contributed by atoms with Gasteiger partial charge in [-0.3, -0.25) is 34.0 Å². The van der Waals surface area contributed by atoms with Gasteiger partial charge in [0.1, 0.15) is 26.0 Å². The van der Waals surface area contributed by atoms with Crippen LogP contribution in [0.25, 0.3) is 11.2 Å². The van der Waals surface area contributed by atoms with Crippen LogP contribution in [0.5, 0.6) is 0 Å². The first-order valence-electron chi connectivity index (χ1n) is 10.4. The number of anilines is 1. The number of fused-ring (bicyclic) bond motifs is 1. The lowest BCUT2D eigenvalue weighted by molar-refractivity contribution is -0.166. The molecule has 182 valence electrons. The van der Waals surface area contributed by atoms with E-state index in [0.717, 1.165) is 0 Å². The van der Waals surface area contributed by atoms with E-state index < -0.39 is 40.3 Å². The second-order valence-electron chi connectivity index (χ2n) is 9.60. The summed E-state index contributed by atoms with van der Waals surface area (Å²) in [5.41, 5.74) is -1.71. The summed E-state index contributed by atoms with van der Waals surface area (Å²) in [5, 5.41) is 2.41. The van der Waals surface area contributed by atoms with Crippen LogP contribution >= 0.6 is 0 Å². The Bertz CT molecular complexity index is 1050. The second kappa shape index (κ2) is 10.1. The fraction of sp³-hybridized carbons (Fsp3) is 0.619. The van der Waals surface area contributed by atoms with Crippen molar-refractivity contribution in [3.05, 3.63) is 16.7 Å². The van der Waals surface area contributed by atoms with Crippen molar-refractivity contribution in [3.63, 3.8) is 0 Å². The predicted octanol–water partition coefficient (Wildman–Crippen LogP) is 1.60. The number of imidazole rings is 1. The molecule has 0 aliphatic rings. The molecule has 0 radical (unpaired) electrons. The van der Waals surface area contributed by atoms with Gasteiger partial charge in [0.05, 0.1) is 17.2 Å². The van der Waals surface area contributed by atoms with Gasteiger partial charge >= 0.3 is 11.9 Å². The van der Waals surface area contributed by atoms with Crippen LogP contribution in [0.2, 0.25) is 0 Å². The van der Waals surface area contributed by atoms with Crippen LogP contribution < -0.4 is 10.9 Å². The standard InChI is InChI=1S/C21H31N5O7/c1-12(27)23-19-24-15-14(16(28)25-19)22-10-26(15)11-33-13(8-31-17(29)20(2,3)4)9-32-18(30)21(5,6)7/h10,13H,8-9,11H2,1-7H3,(H2,23,24,25,27,28). The lowest BCUT2D eigenvalue weighted by Gasteiger charge is -2.23. The van der Waals surface area contributed by atoms with E-state index in [4.69, 9.17) is 14.2 Å². The number of ether oxygens (including phenoxy) is 3. The number of amides is 1. The van der Waals surface area contributed by atoms with E-state index in [1.807, 2.05) is 0 Å². The van der Waals surface area contributed by atoms with Crippen molar-refractivity contribution in [2.24, 2.45) is 10.8 Å². The molecule has 0 saturated heterocycles. The van der Waals surface area contributed by atoms with E-state index in [9.17, 15) is 19.2 Å². The predicted molar refractivity (Wildman–Crippen MR) is 118 cm³/mol. The summed E-state index contributed by atoms with van der Waals surface area (Å²) in [5.74, 6) is -1.29. The molecule has 0 aliphatic heterocycles. The lowest BCUT2D eigenvalue weighted by Crippen LogP contribution is -2.34. The molecule has 0 unspecified atom stereocenters. The van der Waals surface area contributed by atoms with E-state index in [2.05, 4.69) is 20.3 Å². The smallest absolute Gasteiger partial charge is 0.311 e. The van der Waals surface area contributed by atoms with Crippen molar-refractivity contribution in [3.8, 4) is 0 Å². The van der Waals surface area contributed by atoms with Gasteiger partial charge in [-0.05, 0) is 41.5 Å². The summed E-state index contributed by atoms with van der Waals surface area (Å²) in [6.07, 6.45) is 0.570. The Hall–Kier alpha value is -3.28. The zero-order valence-electron chi connectivity index (χ0n) is 20.0. The van der Waals surface area contributed by atoms with E-state index >= 15 is 0 Å². The number of rotatable bonds is 8. The maximum atomic E-state index is 12.2. The summed E-state index contributed by atoms with van der Waals surface area (Å²) in [6, 6.07) is 0. The molecule has 2 N–H and O–H groups in total. The van der Waals surface area contributed by atoms with Gasteiger partial charge in [-0.2, -0.15) is 4.98 Å². The third kappa shape index (κ3) is 7.38. The number of carbonyl (C=O) groups excluding carboxylic acids is 3. The fourth-order valence-electron chi connectivity index (χ4n) is 2.37. The Morgan fingerprint density at radius 1 is 1.06 bits per heavy atom. The van der Waals surface area contributed by atoms with Gasteiger partial charge in [-0.15, -0.1) is 0 Å². The number of hydrogen-bond donors (Lipinski definition) is 2. The highest BCUT2D eigenvalue weighted by Gasteiger charge is 2.27. The zero-order chi connectivity index (χ0) is 25.0. The number of aromatic nitrogens is 4. The quantitative estimate of drug-likeness (QED) is 0.553. The second-order valence-corrected chi connectivity index (χ2v) is 9.60. The van der Waals surface area contributed by atoms with Crippen molar-refractivity contribution < 1.29 is 28.6 Å². The van der Waals surface area contributed by atoms with E-state index in [1.165, 1.54) is 17.8 Å². The van der Waals surface area contributed by atoms with Crippen molar-refractivity contribution >= 4 is 35.0 Å². The molecule has 33 heavy (non-hydrogen) atoms. The van der Waals surface area contributed by atoms with Gasteiger partial charge in [0.25, 0.3) is 5.56 Å². The van der Waals surface area contributed by atoms with Gasteiger partial charge in [0.2, 0.25) is 11.9 Å². The Morgan fingerprint density at radius 3 is 2.09 bits per heavy atom. The number of H-pyrrole nitrogens is 1. The molecule has 12 nitrogen and oxygen atoms in total. The summed E-state index contributed by atoms with van der Waals surface area (Å²) in [7, 11) is 0. The molecule has 0 saturated carbocycles. The molecular weight excluding hydrogens is 434 g/mol. The molecule has 12 heteroatoms. The Labute approximate surface area is 191 Å². The van der Waals surface area contributed by atoms with Crippen LogP contribution in [0.15, 0.2) is 11.1 Å². The SMILES string of the molecule is CC(=O)Nc1nc2c(ncn2COC(COC(=O)C(C)(C)C)COC(=O)C(C)(C)C)c(=O)[nH]1. The first-order chi connectivity index (χ1) is 15.2. The Kier molecular flexibility index (Phi) is 7.96. The molecule has 2 aromatic rings. The first-order valence-corrected chi connectivity index (χ1v) is 10.4. The van der Waals surface area contributed by atoms with Gasteiger partial charge in [0.15, 0.2) is 11.2 Å². The molecule has 0 spiro atoms. The molecular formula is C21H31N5O7. The van der Waals surface area contributed by atoms with Gasteiger partial charge in [0, 0.05) is 6.92 Å². The van der Waals surface area contributed by atoms with Crippen molar-refractivity contribution in [2.45, 2.75) is 61.3 Å². The molecule has 0 aromatic carbocycles. The van der Waals surface area contributed by atoms with E-state index in [1.54, 1.807) is 41.5 Å². The van der Waals surface area contributed by atoms with Crippen LogP contribution in [0.1, 0.15) is 48.5 Å². The minimum atomic E-state index is -0.781. The highest BCUT2D eigenvalue weighted by atomic mass is 16.6. The number of hydrogen-bond acceptors (Lipinski definition) is 9. The maximum absolute atomic E-state index is 12.2. The van der Waals surface area contributed by atoms with Gasteiger partial charge < -0.3 is 14.2 Å². The normalized spacial score (nSPS) is 12.1. The number of esters is 2. The van der Waals surface area contributed by atoms with Crippen LogP contribution in [0.4, 0.5) is 5.95 Å². The first kappa shape index (κ1) is 26.0. The summed E-state index contributed by atoms with van der Waals surface area (Å²) in [6.45, 7) is 11.2. The van der Waals surface area contributed by atoms with Crippen LogP contribution in [0.3, 0.4) is 0 Å². The summed E-state index contributed by atoms with van der Waals surface area (Å²) in [4.78, 5) is 58.4.